The molecule has 0 aliphatic carbocycles. The summed E-state index contributed by atoms with van der Waals surface area (Å²) in [5, 5.41) is 5.53. The number of nitrogens with one attached hydrogen (secondary N) is 1. The molecule has 2 heterocycles. The van der Waals surface area contributed by atoms with Gasteiger partial charge in [-0.3, -0.25) is 0 Å². The summed E-state index contributed by atoms with van der Waals surface area (Å²) >= 11 is 1.56. The highest BCUT2D eigenvalue weighted by Crippen LogP contribution is 2.28. The third kappa shape index (κ3) is 3.51. The van der Waals surface area contributed by atoms with Crippen LogP contribution in [0.4, 0.5) is 4.39 Å². The molecule has 21 heavy (non-hydrogen) atoms. The largest absolute Gasteiger partial charge is 0.380 e. The van der Waals surface area contributed by atoms with Gasteiger partial charge < -0.3 is 10.1 Å². The summed E-state index contributed by atoms with van der Waals surface area (Å²) in [7, 11) is 0. The van der Waals surface area contributed by atoms with E-state index in [2.05, 4.69) is 12.2 Å². The second kappa shape index (κ2) is 6.26. The van der Waals surface area contributed by atoms with E-state index >= 15 is 0 Å². The maximum atomic E-state index is 14.0. The molecule has 0 spiro atoms. The van der Waals surface area contributed by atoms with Crippen LogP contribution in [0.3, 0.4) is 0 Å². The molecule has 2 aromatic rings. The quantitative estimate of drug-likeness (QED) is 0.913. The van der Waals surface area contributed by atoms with E-state index in [1.807, 2.05) is 29.6 Å². The first-order valence-corrected chi connectivity index (χ1v) is 8.19. The zero-order valence-corrected chi connectivity index (χ0v) is 13.0. The molecule has 3 rings (SSSR count). The number of ether oxygens (including phenoxy) is 1. The van der Waals surface area contributed by atoms with Gasteiger partial charge in [-0.2, -0.15) is 0 Å². The van der Waals surface area contributed by atoms with Gasteiger partial charge in [-0.25, -0.2) is 4.39 Å². The summed E-state index contributed by atoms with van der Waals surface area (Å²) < 4.78 is 19.5. The number of thiophene rings is 1. The highest BCUT2D eigenvalue weighted by molar-refractivity contribution is 7.13. The monoisotopic (exact) mass is 305 g/mol. The average molecular weight is 305 g/mol. The predicted molar refractivity (Wildman–Crippen MR) is 85.0 cm³/mol. The van der Waals surface area contributed by atoms with Gasteiger partial charge in [0.1, 0.15) is 5.82 Å². The van der Waals surface area contributed by atoms with Crippen LogP contribution in [0.2, 0.25) is 0 Å². The topological polar surface area (TPSA) is 21.3 Å². The SMILES string of the molecule is CC1(NCc2ccc(F)c(-c3cccs3)c2)CCCOC1. The van der Waals surface area contributed by atoms with Crippen molar-refractivity contribution in [2.75, 3.05) is 13.2 Å². The molecule has 0 bridgehead atoms. The fourth-order valence-corrected chi connectivity index (χ4v) is 3.44. The lowest BCUT2D eigenvalue weighted by Gasteiger charge is -2.34. The summed E-state index contributed by atoms with van der Waals surface area (Å²) in [4.78, 5) is 0.974. The normalized spacial score (nSPS) is 22.4. The van der Waals surface area contributed by atoms with Gasteiger partial charge in [-0.15, -0.1) is 11.3 Å². The van der Waals surface area contributed by atoms with E-state index in [-0.39, 0.29) is 11.4 Å². The Kier molecular flexibility index (Phi) is 4.38. The van der Waals surface area contributed by atoms with Gasteiger partial charge in [0.2, 0.25) is 0 Å². The Morgan fingerprint density at radius 3 is 3.00 bits per heavy atom. The average Bonchev–Trinajstić information content (AvgIpc) is 3.01. The zero-order valence-electron chi connectivity index (χ0n) is 12.2. The van der Waals surface area contributed by atoms with Gasteiger partial charge >= 0.3 is 0 Å². The molecular formula is C17H20FNOS. The maximum absolute atomic E-state index is 14.0. The first-order chi connectivity index (χ1) is 10.2. The lowest BCUT2D eigenvalue weighted by atomic mass is 9.94. The Balaban J connectivity index is 1.73. The third-order valence-electron chi connectivity index (χ3n) is 3.97. The Morgan fingerprint density at radius 2 is 2.29 bits per heavy atom. The molecule has 1 aliphatic rings. The van der Waals surface area contributed by atoms with Crippen molar-refractivity contribution in [3.05, 3.63) is 47.1 Å². The fraction of sp³-hybridized carbons (Fsp3) is 0.412. The molecule has 1 aromatic carbocycles. The first kappa shape index (κ1) is 14.7. The van der Waals surface area contributed by atoms with Gasteiger partial charge in [-0.1, -0.05) is 12.1 Å². The molecule has 1 fully saturated rings. The molecule has 112 valence electrons. The van der Waals surface area contributed by atoms with Crippen LogP contribution in [0.5, 0.6) is 0 Å². The number of halogens is 1. The summed E-state index contributed by atoms with van der Waals surface area (Å²) in [5.41, 5.74) is 1.82. The summed E-state index contributed by atoms with van der Waals surface area (Å²) in [5.74, 6) is -0.159. The maximum Gasteiger partial charge on any atom is 0.131 e. The number of hydrogen-bond donors (Lipinski definition) is 1. The highest BCUT2D eigenvalue weighted by atomic mass is 32.1. The second-order valence-corrected chi connectivity index (χ2v) is 6.81. The van der Waals surface area contributed by atoms with Crippen LogP contribution in [0.25, 0.3) is 10.4 Å². The number of benzene rings is 1. The molecule has 0 amide bonds. The lowest BCUT2D eigenvalue weighted by molar-refractivity contribution is 0.0278. The van der Waals surface area contributed by atoms with Crippen LogP contribution in [-0.2, 0) is 11.3 Å². The molecule has 2 nitrogen and oxygen atoms in total. The van der Waals surface area contributed by atoms with Crippen molar-refractivity contribution in [2.24, 2.45) is 0 Å². The minimum atomic E-state index is -0.159. The molecule has 4 heteroatoms. The smallest absolute Gasteiger partial charge is 0.131 e. The van der Waals surface area contributed by atoms with E-state index in [9.17, 15) is 4.39 Å². The molecule has 1 saturated heterocycles. The lowest BCUT2D eigenvalue weighted by Crippen LogP contribution is -2.48. The van der Waals surface area contributed by atoms with E-state index < -0.39 is 0 Å². The predicted octanol–water partition coefficient (Wildman–Crippen LogP) is 4.21. The Labute approximate surface area is 129 Å². The third-order valence-corrected chi connectivity index (χ3v) is 4.88. The van der Waals surface area contributed by atoms with Crippen LogP contribution in [0.1, 0.15) is 25.3 Å². The fourth-order valence-electron chi connectivity index (χ4n) is 2.69. The number of rotatable bonds is 4. The minimum absolute atomic E-state index is 0.0235. The Morgan fingerprint density at radius 1 is 1.38 bits per heavy atom. The zero-order chi connectivity index (χ0) is 14.7. The molecule has 1 aromatic heterocycles. The van der Waals surface area contributed by atoms with E-state index in [4.69, 9.17) is 4.74 Å². The van der Waals surface area contributed by atoms with Crippen LogP contribution < -0.4 is 5.32 Å². The molecule has 0 radical (unpaired) electrons. The van der Waals surface area contributed by atoms with E-state index in [1.165, 1.54) is 0 Å². The van der Waals surface area contributed by atoms with Crippen molar-refractivity contribution in [1.82, 2.24) is 5.32 Å². The standard InChI is InChI=1S/C17H20FNOS/c1-17(7-3-8-20-12-17)19-11-13-5-6-15(18)14(10-13)16-4-2-9-21-16/h2,4-6,9-10,19H,3,7-8,11-12H2,1H3. The number of hydrogen-bond acceptors (Lipinski definition) is 3. The van der Waals surface area contributed by atoms with Crippen LogP contribution in [0, 0.1) is 5.82 Å². The second-order valence-electron chi connectivity index (χ2n) is 5.86. The summed E-state index contributed by atoms with van der Waals surface area (Å²) in [6.07, 6.45) is 2.21. The first-order valence-electron chi connectivity index (χ1n) is 7.31. The van der Waals surface area contributed by atoms with Crippen LogP contribution in [-0.4, -0.2) is 18.8 Å². The van der Waals surface area contributed by atoms with Gasteiger partial charge in [0.25, 0.3) is 0 Å². The highest BCUT2D eigenvalue weighted by Gasteiger charge is 2.26. The van der Waals surface area contributed by atoms with Gasteiger partial charge in [0.05, 0.1) is 6.61 Å². The molecule has 1 aliphatic heterocycles. The van der Waals surface area contributed by atoms with E-state index in [0.29, 0.717) is 5.56 Å². The van der Waals surface area contributed by atoms with Gasteiger partial charge in [0.15, 0.2) is 0 Å². The molecule has 0 saturated carbocycles. The van der Waals surface area contributed by atoms with Crippen molar-refractivity contribution in [3.63, 3.8) is 0 Å². The van der Waals surface area contributed by atoms with Gasteiger partial charge in [0, 0.05) is 29.1 Å². The van der Waals surface area contributed by atoms with E-state index in [1.54, 1.807) is 17.4 Å². The Bertz CT molecular complexity index is 591. The van der Waals surface area contributed by atoms with Crippen molar-refractivity contribution >= 4 is 11.3 Å². The van der Waals surface area contributed by atoms with Crippen molar-refractivity contribution in [3.8, 4) is 10.4 Å². The molecule has 1 unspecified atom stereocenters. The van der Waals surface area contributed by atoms with Crippen molar-refractivity contribution < 1.29 is 9.13 Å². The van der Waals surface area contributed by atoms with Crippen LogP contribution in [0.15, 0.2) is 35.7 Å². The Hall–Kier alpha value is -1.23. The molecule has 1 N–H and O–H groups in total. The molecule has 1 atom stereocenters. The van der Waals surface area contributed by atoms with Gasteiger partial charge in [-0.05, 0) is 48.9 Å². The minimum Gasteiger partial charge on any atom is -0.380 e. The van der Waals surface area contributed by atoms with Crippen LogP contribution >= 0.6 is 11.3 Å². The van der Waals surface area contributed by atoms with Crippen molar-refractivity contribution in [2.45, 2.75) is 31.8 Å². The summed E-state index contributed by atoms with van der Waals surface area (Å²) in [6, 6.07) is 9.26. The van der Waals surface area contributed by atoms with Crippen molar-refractivity contribution in [1.29, 1.82) is 0 Å². The summed E-state index contributed by atoms with van der Waals surface area (Å²) in [6.45, 7) is 4.52. The van der Waals surface area contributed by atoms with E-state index in [0.717, 1.165) is 43.0 Å². The molecular weight excluding hydrogens is 285 g/mol.